The molecule has 0 atom stereocenters. The van der Waals surface area contributed by atoms with Crippen LogP contribution in [0.2, 0.25) is 0 Å². The molecule has 0 unspecified atom stereocenters. The highest BCUT2D eigenvalue weighted by molar-refractivity contribution is 6.35. The first-order valence-corrected chi connectivity index (χ1v) is 6.08. The minimum absolute atomic E-state index is 0.0533. The molecule has 1 saturated heterocycles. The number of amides is 2. The van der Waals surface area contributed by atoms with E-state index >= 15 is 0 Å². The number of likely N-dealkylation sites (tertiary alicyclic amines) is 1. The summed E-state index contributed by atoms with van der Waals surface area (Å²) in [5.41, 5.74) is 0.0533. The molecule has 18 heavy (non-hydrogen) atoms. The van der Waals surface area contributed by atoms with Crippen LogP contribution in [0.1, 0.15) is 19.8 Å². The Kier molecular flexibility index (Phi) is 5.10. The molecular formula is C12H20N4O2. The summed E-state index contributed by atoms with van der Waals surface area (Å²) in [5, 5.41) is 13.2. The minimum atomic E-state index is -0.743. The van der Waals surface area contributed by atoms with Crippen molar-refractivity contribution in [3.63, 3.8) is 0 Å². The monoisotopic (exact) mass is 252 g/mol. The molecule has 0 saturated carbocycles. The lowest BCUT2D eigenvalue weighted by Gasteiger charge is -2.37. The van der Waals surface area contributed by atoms with E-state index in [1.165, 1.54) is 0 Å². The second kappa shape index (κ2) is 6.36. The SMILES string of the molecule is CN1CCC(C)(CNC(=O)C(=O)NCC#N)CC1. The van der Waals surface area contributed by atoms with Crippen molar-refractivity contribution in [1.82, 2.24) is 15.5 Å². The van der Waals surface area contributed by atoms with Crippen molar-refractivity contribution in [1.29, 1.82) is 5.26 Å². The van der Waals surface area contributed by atoms with Crippen molar-refractivity contribution in [2.24, 2.45) is 5.41 Å². The average Bonchev–Trinajstić information content (AvgIpc) is 2.37. The molecule has 0 aliphatic carbocycles. The summed E-state index contributed by atoms with van der Waals surface area (Å²) in [4.78, 5) is 25.0. The summed E-state index contributed by atoms with van der Waals surface area (Å²) in [6.45, 7) is 4.49. The first kappa shape index (κ1) is 14.5. The van der Waals surface area contributed by atoms with Crippen molar-refractivity contribution < 1.29 is 9.59 Å². The van der Waals surface area contributed by atoms with Gasteiger partial charge in [-0.25, -0.2) is 0 Å². The summed E-state index contributed by atoms with van der Waals surface area (Å²) in [5.74, 6) is -1.40. The van der Waals surface area contributed by atoms with Crippen LogP contribution >= 0.6 is 0 Å². The topological polar surface area (TPSA) is 85.2 Å². The summed E-state index contributed by atoms with van der Waals surface area (Å²) >= 11 is 0. The van der Waals surface area contributed by atoms with Gasteiger partial charge in [0.25, 0.3) is 0 Å². The van der Waals surface area contributed by atoms with Crippen LogP contribution in [0.4, 0.5) is 0 Å². The molecule has 0 radical (unpaired) electrons. The van der Waals surface area contributed by atoms with Gasteiger partial charge in [-0.2, -0.15) is 5.26 Å². The van der Waals surface area contributed by atoms with Gasteiger partial charge >= 0.3 is 11.8 Å². The zero-order chi connectivity index (χ0) is 13.6. The Morgan fingerprint density at radius 3 is 2.39 bits per heavy atom. The molecule has 6 nitrogen and oxygen atoms in total. The smallest absolute Gasteiger partial charge is 0.310 e. The van der Waals surface area contributed by atoms with E-state index in [0.717, 1.165) is 25.9 Å². The van der Waals surface area contributed by atoms with Crippen LogP contribution in [0.5, 0.6) is 0 Å². The van der Waals surface area contributed by atoms with Crippen LogP contribution < -0.4 is 10.6 Å². The molecule has 1 heterocycles. The Morgan fingerprint density at radius 2 is 1.83 bits per heavy atom. The maximum absolute atomic E-state index is 11.5. The van der Waals surface area contributed by atoms with Gasteiger partial charge in [-0.15, -0.1) is 0 Å². The molecule has 0 aromatic heterocycles. The Balaban J connectivity index is 2.34. The predicted molar refractivity (Wildman–Crippen MR) is 66.5 cm³/mol. The lowest BCUT2D eigenvalue weighted by molar-refractivity contribution is -0.139. The van der Waals surface area contributed by atoms with Gasteiger partial charge in [0.2, 0.25) is 0 Å². The molecule has 0 aromatic carbocycles. The summed E-state index contributed by atoms with van der Waals surface area (Å²) in [6, 6.07) is 1.75. The highest BCUT2D eigenvalue weighted by Crippen LogP contribution is 2.29. The van der Waals surface area contributed by atoms with Crippen LogP contribution in [0.25, 0.3) is 0 Å². The number of nitrogens with one attached hydrogen (secondary N) is 2. The van der Waals surface area contributed by atoms with Crippen molar-refractivity contribution in [3.8, 4) is 6.07 Å². The normalized spacial score (nSPS) is 18.7. The number of hydrogen-bond acceptors (Lipinski definition) is 4. The second-order valence-corrected chi connectivity index (χ2v) is 5.14. The quantitative estimate of drug-likeness (QED) is 0.522. The third kappa shape index (κ3) is 4.34. The molecular weight excluding hydrogens is 232 g/mol. The van der Waals surface area contributed by atoms with E-state index in [-0.39, 0.29) is 12.0 Å². The number of carbonyl (C=O) groups excluding carboxylic acids is 2. The van der Waals surface area contributed by atoms with Gasteiger partial charge in [-0.3, -0.25) is 9.59 Å². The Labute approximate surface area is 107 Å². The van der Waals surface area contributed by atoms with Crippen molar-refractivity contribution in [2.75, 3.05) is 33.2 Å². The molecule has 0 aromatic rings. The lowest BCUT2D eigenvalue weighted by Crippen LogP contribution is -2.47. The molecule has 2 N–H and O–H groups in total. The molecule has 0 bridgehead atoms. The second-order valence-electron chi connectivity index (χ2n) is 5.14. The van der Waals surface area contributed by atoms with E-state index in [1.54, 1.807) is 6.07 Å². The molecule has 6 heteroatoms. The molecule has 1 aliphatic heterocycles. The van der Waals surface area contributed by atoms with E-state index < -0.39 is 11.8 Å². The summed E-state index contributed by atoms with van der Waals surface area (Å²) in [6.07, 6.45) is 2.01. The van der Waals surface area contributed by atoms with Gasteiger partial charge in [0.15, 0.2) is 0 Å². The zero-order valence-electron chi connectivity index (χ0n) is 11.0. The number of carbonyl (C=O) groups is 2. The molecule has 1 aliphatic rings. The van der Waals surface area contributed by atoms with E-state index in [9.17, 15) is 9.59 Å². The van der Waals surface area contributed by atoms with Crippen LogP contribution in [-0.4, -0.2) is 49.9 Å². The average molecular weight is 252 g/mol. The number of piperidine rings is 1. The standard InChI is InChI=1S/C12H20N4O2/c1-12(3-7-16(2)8-4-12)9-15-11(18)10(17)14-6-5-13/h3-4,6-9H2,1-2H3,(H,14,17)(H,15,18). The number of nitriles is 1. The summed E-state index contributed by atoms with van der Waals surface area (Å²) < 4.78 is 0. The van der Waals surface area contributed by atoms with Gasteiger partial charge in [0.05, 0.1) is 6.07 Å². The predicted octanol–water partition coefficient (Wildman–Crippen LogP) is -0.526. The van der Waals surface area contributed by atoms with Crippen LogP contribution in [0.3, 0.4) is 0 Å². The largest absolute Gasteiger partial charge is 0.347 e. The van der Waals surface area contributed by atoms with E-state index in [2.05, 4.69) is 29.5 Å². The van der Waals surface area contributed by atoms with Gasteiger partial charge in [0.1, 0.15) is 6.54 Å². The fraction of sp³-hybridized carbons (Fsp3) is 0.750. The molecule has 2 amide bonds. The van der Waals surface area contributed by atoms with E-state index in [4.69, 9.17) is 5.26 Å². The zero-order valence-corrected chi connectivity index (χ0v) is 11.0. The number of nitrogens with zero attached hydrogens (tertiary/aromatic N) is 2. The van der Waals surface area contributed by atoms with Crippen LogP contribution in [0.15, 0.2) is 0 Å². The number of hydrogen-bond donors (Lipinski definition) is 2. The third-order valence-corrected chi connectivity index (χ3v) is 3.40. The van der Waals surface area contributed by atoms with Crippen LogP contribution in [0, 0.1) is 16.7 Å². The van der Waals surface area contributed by atoms with Gasteiger partial charge < -0.3 is 15.5 Å². The first-order valence-electron chi connectivity index (χ1n) is 6.08. The highest BCUT2D eigenvalue weighted by Gasteiger charge is 2.29. The fourth-order valence-electron chi connectivity index (χ4n) is 1.91. The maximum Gasteiger partial charge on any atom is 0.310 e. The van der Waals surface area contributed by atoms with Crippen LogP contribution in [-0.2, 0) is 9.59 Å². The fourth-order valence-corrected chi connectivity index (χ4v) is 1.91. The third-order valence-electron chi connectivity index (χ3n) is 3.40. The first-order chi connectivity index (χ1) is 8.47. The molecule has 1 rings (SSSR count). The Hall–Kier alpha value is -1.61. The molecule has 100 valence electrons. The minimum Gasteiger partial charge on any atom is -0.347 e. The van der Waals surface area contributed by atoms with Gasteiger partial charge in [-0.1, -0.05) is 6.92 Å². The Morgan fingerprint density at radius 1 is 1.28 bits per heavy atom. The van der Waals surface area contributed by atoms with E-state index in [0.29, 0.717) is 6.54 Å². The highest BCUT2D eigenvalue weighted by atomic mass is 16.2. The molecule has 1 fully saturated rings. The van der Waals surface area contributed by atoms with Gasteiger partial charge in [0, 0.05) is 6.54 Å². The summed E-state index contributed by atoms with van der Waals surface area (Å²) in [7, 11) is 2.08. The van der Waals surface area contributed by atoms with Crippen molar-refractivity contribution in [2.45, 2.75) is 19.8 Å². The van der Waals surface area contributed by atoms with Crippen molar-refractivity contribution in [3.05, 3.63) is 0 Å². The lowest BCUT2D eigenvalue weighted by atomic mass is 9.80. The van der Waals surface area contributed by atoms with E-state index in [1.807, 2.05) is 0 Å². The maximum atomic E-state index is 11.5. The van der Waals surface area contributed by atoms with Gasteiger partial charge in [-0.05, 0) is 38.4 Å². The number of rotatable bonds is 3. The molecule has 0 spiro atoms. The Bertz CT molecular complexity index is 354. The van der Waals surface area contributed by atoms with Crippen molar-refractivity contribution >= 4 is 11.8 Å².